The number of ether oxygens (including phenoxy) is 1. The number of benzene rings is 1. The molecule has 0 aliphatic heterocycles. The summed E-state index contributed by atoms with van der Waals surface area (Å²) in [6.07, 6.45) is 0.0783. The molecule has 0 saturated heterocycles. The maximum absolute atomic E-state index is 5.73. The lowest BCUT2D eigenvalue weighted by Crippen LogP contribution is -2.09. The van der Waals surface area contributed by atoms with Crippen LogP contribution in [-0.2, 0) is 0 Å². The van der Waals surface area contributed by atoms with E-state index in [0.717, 1.165) is 11.4 Å². The predicted octanol–water partition coefficient (Wildman–Crippen LogP) is 2.90. The zero-order valence-electron chi connectivity index (χ0n) is 11.3. The van der Waals surface area contributed by atoms with E-state index in [0.29, 0.717) is 17.5 Å². The van der Waals surface area contributed by atoms with Crippen LogP contribution in [0, 0.1) is 6.92 Å². The number of nitrogens with one attached hydrogen (secondary N) is 1. The Bertz CT molecular complexity index is 569. The van der Waals surface area contributed by atoms with Crippen molar-refractivity contribution >= 4 is 17.3 Å². The number of aryl methyl sites for hydroxylation is 1. The Hall–Kier alpha value is -2.30. The fraction of sp³-hybridized carbons (Fsp3) is 0.286. The van der Waals surface area contributed by atoms with Gasteiger partial charge in [0, 0.05) is 23.1 Å². The Morgan fingerprint density at radius 1 is 1.21 bits per heavy atom. The summed E-state index contributed by atoms with van der Waals surface area (Å²) in [6, 6.07) is 9.25. The quantitative estimate of drug-likeness (QED) is 0.825. The molecule has 19 heavy (non-hydrogen) atoms. The van der Waals surface area contributed by atoms with Crippen molar-refractivity contribution in [1.82, 2.24) is 9.97 Å². The summed E-state index contributed by atoms with van der Waals surface area (Å²) in [5.41, 5.74) is 8.12. The Morgan fingerprint density at radius 2 is 2.00 bits per heavy atom. The molecule has 0 spiro atoms. The van der Waals surface area contributed by atoms with Crippen molar-refractivity contribution in [3.05, 3.63) is 36.0 Å². The van der Waals surface area contributed by atoms with E-state index in [-0.39, 0.29) is 6.10 Å². The fourth-order valence-corrected chi connectivity index (χ4v) is 1.64. The van der Waals surface area contributed by atoms with Gasteiger partial charge in [0.15, 0.2) is 0 Å². The number of nitrogens with zero attached hydrogens (tertiary/aromatic N) is 2. The van der Waals surface area contributed by atoms with Crippen LogP contribution in [0.3, 0.4) is 0 Å². The van der Waals surface area contributed by atoms with Gasteiger partial charge in [-0.15, -0.1) is 0 Å². The number of nitrogen functional groups attached to an aromatic ring is 1. The van der Waals surface area contributed by atoms with E-state index in [1.54, 1.807) is 0 Å². The van der Waals surface area contributed by atoms with Gasteiger partial charge in [0.2, 0.25) is 11.8 Å². The SMILES string of the molecule is Cc1cc(OC(C)C)nc(Nc2cccc(N)c2)n1. The number of hydrogen-bond donors (Lipinski definition) is 2. The summed E-state index contributed by atoms with van der Waals surface area (Å²) < 4.78 is 5.58. The first-order valence-electron chi connectivity index (χ1n) is 6.18. The normalized spacial score (nSPS) is 10.5. The first-order chi connectivity index (χ1) is 9.02. The summed E-state index contributed by atoms with van der Waals surface area (Å²) in [4.78, 5) is 8.64. The number of anilines is 3. The van der Waals surface area contributed by atoms with Gasteiger partial charge in [0.05, 0.1) is 6.10 Å². The van der Waals surface area contributed by atoms with Crippen molar-refractivity contribution in [3.63, 3.8) is 0 Å². The van der Waals surface area contributed by atoms with Crippen LogP contribution in [0.4, 0.5) is 17.3 Å². The molecule has 1 aromatic heterocycles. The van der Waals surface area contributed by atoms with Crippen LogP contribution in [0.1, 0.15) is 19.5 Å². The monoisotopic (exact) mass is 258 g/mol. The zero-order chi connectivity index (χ0) is 13.8. The second-order valence-electron chi connectivity index (χ2n) is 4.59. The van der Waals surface area contributed by atoms with Gasteiger partial charge in [-0.2, -0.15) is 4.98 Å². The number of nitrogens with two attached hydrogens (primary N) is 1. The van der Waals surface area contributed by atoms with Gasteiger partial charge in [-0.05, 0) is 39.0 Å². The second-order valence-corrected chi connectivity index (χ2v) is 4.59. The molecule has 0 saturated carbocycles. The highest BCUT2D eigenvalue weighted by Gasteiger charge is 2.05. The number of aromatic nitrogens is 2. The topological polar surface area (TPSA) is 73.1 Å². The van der Waals surface area contributed by atoms with Crippen LogP contribution >= 0.6 is 0 Å². The molecule has 0 amide bonds. The lowest BCUT2D eigenvalue weighted by Gasteiger charge is -2.11. The van der Waals surface area contributed by atoms with Crippen LogP contribution in [0.25, 0.3) is 0 Å². The van der Waals surface area contributed by atoms with Crippen molar-refractivity contribution in [2.45, 2.75) is 26.9 Å². The van der Waals surface area contributed by atoms with Gasteiger partial charge in [-0.25, -0.2) is 4.98 Å². The van der Waals surface area contributed by atoms with Crippen molar-refractivity contribution < 1.29 is 4.74 Å². The average molecular weight is 258 g/mol. The second kappa shape index (κ2) is 5.56. The summed E-state index contributed by atoms with van der Waals surface area (Å²) in [5, 5.41) is 3.12. The summed E-state index contributed by atoms with van der Waals surface area (Å²) in [5.74, 6) is 1.06. The van der Waals surface area contributed by atoms with Gasteiger partial charge in [-0.3, -0.25) is 0 Å². The van der Waals surface area contributed by atoms with Crippen molar-refractivity contribution in [1.29, 1.82) is 0 Å². The molecule has 2 aromatic rings. The third kappa shape index (κ3) is 3.84. The lowest BCUT2D eigenvalue weighted by molar-refractivity contribution is 0.232. The molecule has 0 radical (unpaired) electrons. The number of rotatable bonds is 4. The fourth-order valence-electron chi connectivity index (χ4n) is 1.64. The Morgan fingerprint density at radius 3 is 2.68 bits per heavy atom. The Labute approximate surface area is 112 Å². The third-order valence-corrected chi connectivity index (χ3v) is 2.33. The minimum Gasteiger partial charge on any atom is -0.475 e. The van der Waals surface area contributed by atoms with Gasteiger partial charge in [-0.1, -0.05) is 6.07 Å². The van der Waals surface area contributed by atoms with Crippen molar-refractivity contribution in [2.75, 3.05) is 11.1 Å². The van der Waals surface area contributed by atoms with Crippen molar-refractivity contribution in [3.8, 4) is 5.88 Å². The van der Waals surface area contributed by atoms with Gasteiger partial charge >= 0.3 is 0 Å². The van der Waals surface area contributed by atoms with Crippen molar-refractivity contribution in [2.24, 2.45) is 0 Å². The standard InChI is InChI=1S/C14H18N4O/c1-9(2)19-13-7-10(3)16-14(18-13)17-12-6-4-5-11(15)8-12/h4-9H,15H2,1-3H3,(H,16,17,18). The molecule has 2 rings (SSSR count). The summed E-state index contributed by atoms with van der Waals surface area (Å²) >= 11 is 0. The Kier molecular flexibility index (Phi) is 3.85. The lowest BCUT2D eigenvalue weighted by atomic mass is 10.3. The van der Waals surface area contributed by atoms with E-state index >= 15 is 0 Å². The van der Waals surface area contributed by atoms with E-state index in [1.165, 1.54) is 0 Å². The van der Waals surface area contributed by atoms with Gasteiger partial charge in [0.25, 0.3) is 0 Å². The maximum atomic E-state index is 5.73. The molecular weight excluding hydrogens is 240 g/mol. The summed E-state index contributed by atoms with van der Waals surface area (Å²) in [6.45, 7) is 5.82. The minimum absolute atomic E-state index is 0.0783. The molecule has 0 bridgehead atoms. The van der Waals surface area contributed by atoms with Crippen LogP contribution < -0.4 is 15.8 Å². The van der Waals surface area contributed by atoms with Crippen LogP contribution in [0.15, 0.2) is 30.3 Å². The van der Waals surface area contributed by atoms with E-state index in [1.807, 2.05) is 51.1 Å². The smallest absolute Gasteiger partial charge is 0.230 e. The zero-order valence-corrected chi connectivity index (χ0v) is 11.3. The molecule has 0 aliphatic carbocycles. The molecule has 100 valence electrons. The summed E-state index contributed by atoms with van der Waals surface area (Å²) in [7, 11) is 0. The molecule has 0 atom stereocenters. The van der Waals surface area contributed by atoms with Crippen LogP contribution in [0.2, 0.25) is 0 Å². The van der Waals surface area contributed by atoms with E-state index in [9.17, 15) is 0 Å². The highest BCUT2D eigenvalue weighted by Crippen LogP contribution is 2.19. The van der Waals surface area contributed by atoms with E-state index < -0.39 is 0 Å². The first-order valence-corrected chi connectivity index (χ1v) is 6.18. The van der Waals surface area contributed by atoms with Gasteiger partial charge < -0.3 is 15.8 Å². The molecule has 0 unspecified atom stereocenters. The first kappa shape index (κ1) is 13.1. The van der Waals surface area contributed by atoms with Gasteiger partial charge in [0.1, 0.15) is 0 Å². The highest BCUT2D eigenvalue weighted by molar-refractivity contribution is 5.59. The molecular formula is C14H18N4O. The van der Waals surface area contributed by atoms with E-state index in [4.69, 9.17) is 10.5 Å². The Balaban J connectivity index is 2.22. The largest absolute Gasteiger partial charge is 0.475 e. The van der Waals surface area contributed by atoms with Crippen LogP contribution in [-0.4, -0.2) is 16.1 Å². The average Bonchev–Trinajstić information content (AvgIpc) is 2.26. The van der Waals surface area contributed by atoms with E-state index in [2.05, 4.69) is 15.3 Å². The van der Waals surface area contributed by atoms with Crippen LogP contribution in [0.5, 0.6) is 5.88 Å². The molecule has 1 heterocycles. The molecule has 0 fully saturated rings. The maximum Gasteiger partial charge on any atom is 0.230 e. The molecule has 5 heteroatoms. The molecule has 0 aliphatic rings. The highest BCUT2D eigenvalue weighted by atomic mass is 16.5. The molecule has 5 nitrogen and oxygen atoms in total. The molecule has 1 aromatic carbocycles. The molecule has 3 N–H and O–H groups in total. The predicted molar refractivity (Wildman–Crippen MR) is 76.7 cm³/mol. The number of hydrogen-bond acceptors (Lipinski definition) is 5. The minimum atomic E-state index is 0.0783. The third-order valence-electron chi connectivity index (χ3n) is 2.33.